The van der Waals surface area contributed by atoms with Gasteiger partial charge in [0.25, 0.3) is 5.91 Å². The number of nitrogens with zero attached hydrogens (tertiary/aromatic N) is 6. The van der Waals surface area contributed by atoms with Crippen LogP contribution < -0.4 is 10.2 Å². The van der Waals surface area contributed by atoms with E-state index in [2.05, 4.69) is 25.6 Å². The molecular weight excluding hydrogens is 558 g/mol. The molecule has 2 aromatic heterocycles. The third kappa shape index (κ3) is 5.15. The highest BCUT2D eigenvalue weighted by Gasteiger charge is 2.35. The quantitative estimate of drug-likeness (QED) is 0.281. The first-order chi connectivity index (χ1) is 20.3. The van der Waals surface area contributed by atoms with Crippen LogP contribution in [0.15, 0.2) is 72.9 Å². The number of halogens is 1. The number of nitrogens with one attached hydrogen (secondary N) is 1. The Morgan fingerprint density at radius 1 is 1.14 bits per heavy atom. The van der Waals surface area contributed by atoms with E-state index >= 15 is 0 Å². The zero-order valence-corrected chi connectivity index (χ0v) is 23.5. The molecule has 0 aliphatic carbocycles. The van der Waals surface area contributed by atoms with Crippen molar-refractivity contribution in [2.24, 2.45) is 0 Å². The van der Waals surface area contributed by atoms with Crippen molar-refractivity contribution in [1.29, 1.82) is 0 Å². The minimum absolute atomic E-state index is 0.00385. The van der Waals surface area contributed by atoms with E-state index in [1.807, 2.05) is 55.5 Å². The lowest BCUT2D eigenvalue weighted by Gasteiger charge is -2.26. The van der Waals surface area contributed by atoms with Gasteiger partial charge in [0.05, 0.1) is 29.6 Å². The molecule has 1 aliphatic rings. The van der Waals surface area contributed by atoms with Crippen molar-refractivity contribution < 1.29 is 19.5 Å². The van der Waals surface area contributed by atoms with E-state index in [9.17, 15) is 14.7 Å². The first kappa shape index (κ1) is 27.3. The lowest BCUT2D eigenvalue weighted by molar-refractivity contribution is -0.126. The Labute approximate surface area is 245 Å². The number of hydrogen-bond acceptors (Lipinski definition) is 8. The molecule has 1 aliphatic heterocycles. The van der Waals surface area contributed by atoms with Crippen molar-refractivity contribution in [3.05, 3.63) is 100 Å². The second kappa shape index (κ2) is 11.2. The fourth-order valence-electron chi connectivity index (χ4n) is 4.93. The topological polar surface area (TPSA) is 135 Å². The third-order valence-corrected chi connectivity index (χ3v) is 7.49. The van der Waals surface area contributed by atoms with Gasteiger partial charge in [0.1, 0.15) is 17.1 Å². The predicted molar refractivity (Wildman–Crippen MR) is 155 cm³/mol. The molecule has 0 saturated heterocycles. The van der Waals surface area contributed by atoms with Crippen LogP contribution in [0.3, 0.4) is 0 Å². The lowest BCUT2D eigenvalue weighted by Crippen LogP contribution is -2.46. The average molecular weight is 584 g/mol. The van der Waals surface area contributed by atoms with E-state index in [1.165, 1.54) is 15.9 Å². The summed E-state index contributed by atoms with van der Waals surface area (Å²) in [6.07, 6.45) is 1.41. The molecule has 0 saturated carbocycles. The smallest absolute Gasteiger partial charge is 0.346 e. The van der Waals surface area contributed by atoms with Gasteiger partial charge in [-0.3, -0.25) is 9.59 Å². The summed E-state index contributed by atoms with van der Waals surface area (Å²) in [5, 5.41) is 21.1. The van der Waals surface area contributed by atoms with Gasteiger partial charge in [-0.1, -0.05) is 70.5 Å². The Hall–Kier alpha value is -4.87. The summed E-state index contributed by atoms with van der Waals surface area (Å²) in [4.78, 5) is 43.7. The molecule has 3 heterocycles. The molecule has 2 N–H and O–H groups in total. The predicted octanol–water partition coefficient (Wildman–Crippen LogP) is 3.89. The minimum atomic E-state index is -0.771. The molecule has 2 atom stereocenters. The summed E-state index contributed by atoms with van der Waals surface area (Å²) in [6.45, 7) is 3.61. The number of carbonyl (C=O) groups excluding carboxylic acids is 2. The number of aromatic nitrogens is 5. The first-order valence-corrected chi connectivity index (χ1v) is 13.6. The number of hydrogen-bond donors (Lipinski definition) is 2. The van der Waals surface area contributed by atoms with Crippen LogP contribution >= 0.6 is 11.6 Å². The number of aliphatic hydroxyl groups excluding tert-OH is 1. The second-order valence-corrected chi connectivity index (χ2v) is 10.4. The molecule has 11 nitrogen and oxygen atoms in total. The molecule has 42 heavy (non-hydrogen) atoms. The van der Waals surface area contributed by atoms with Crippen LogP contribution in [0.1, 0.15) is 40.0 Å². The third-order valence-electron chi connectivity index (χ3n) is 7.22. The zero-order chi connectivity index (χ0) is 29.4. The van der Waals surface area contributed by atoms with Crippen molar-refractivity contribution in [2.75, 3.05) is 6.61 Å². The van der Waals surface area contributed by atoms with Crippen molar-refractivity contribution in [3.8, 4) is 17.3 Å². The summed E-state index contributed by atoms with van der Waals surface area (Å²) < 4.78 is 0. The van der Waals surface area contributed by atoms with E-state index < -0.39 is 12.1 Å². The van der Waals surface area contributed by atoms with Gasteiger partial charge in [0, 0.05) is 17.7 Å². The Morgan fingerprint density at radius 2 is 1.98 bits per heavy atom. The van der Waals surface area contributed by atoms with E-state index in [4.69, 9.17) is 16.4 Å². The maximum atomic E-state index is 13.5. The largest absolute Gasteiger partial charge is 0.394 e. The molecule has 212 valence electrons. The van der Waals surface area contributed by atoms with Gasteiger partial charge in [0.15, 0.2) is 0 Å². The van der Waals surface area contributed by atoms with Crippen LogP contribution in [0.4, 0.5) is 0 Å². The van der Waals surface area contributed by atoms with E-state index in [0.29, 0.717) is 27.9 Å². The highest BCUT2D eigenvalue weighted by atomic mass is 35.5. The summed E-state index contributed by atoms with van der Waals surface area (Å²) in [5.41, 5.74) is 5.28. The Morgan fingerprint density at radius 3 is 2.79 bits per heavy atom. The Kier molecular flexibility index (Phi) is 7.27. The van der Waals surface area contributed by atoms with Gasteiger partial charge in [-0.05, 0) is 48.4 Å². The minimum Gasteiger partial charge on any atom is -0.394 e. The van der Waals surface area contributed by atoms with Gasteiger partial charge < -0.3 is 20.2 Å². The standard InChI is InChI=1S/C30H26ClN7O4/c1-17-6-5-7-19(12-17)25(16-39)33-28(40)18(2)37-15-21-11-10-20(13-22(21)29(37)41)27-23(31)14-32-30(34-27)42-38-26-9-4-3-8-24(26)35-36-38/h3-14,18,25,39H,15-16H2,1-2H3,(H,33,40)/t18-,25-/m1/s1. The Bertz CT molecular complexity index is 1830. The highest BCUT2D eigenvalue weighted by Crippen LogP contribution is 2.32. The molecule has 0 radical (unpaired) electrons. The van der Waals surface area contributed by atoms with Gasteiger partial charge in [-0.25, -0.2) is 4.98 Å². The van der Waals surface area contributed by atoms with Crippen molar-refractivity contribution in [3.63, 3.8) is 0 Å². The van der Waals surface area contributed by atoms with Crippen LogP contribution in [0.2, 0.25) is 5.02 Å². The first-order valence-electron chi connectivity index (χ1n) is 13.3. The van der Waals surface area contributed by atoms with Crippen LogP contribution in [0.5, 0.6) is 6.01 Å². The summed E-state index contributed by atoms with van der Waals surface area (Å²) >= 11 is 6.45. The molecule has 12 heteroatoms. The summed E-state index contributed by atoms with van der Waals surface area (Å²) in [5.74, 6) is -0.653. The highest BCUT2D eigenvalue weighted by molar-refractivity contribution is 6.32. The number of amides is 2. The van der Waals surface area contributed by atoms with Gasteiger partial charge in [-0.2, -0.15) is 4.98 Å². The average Bonchev–Trinajstić information content (AvgIpc) is 3.56. The van der Waals surface area contributed by atoms with Crippen molar-refractivity contribution in [2.45, 2.75) is 32.5 Å². The second-order valence-electron chi connectivity index (χ2n) is 10.0. The van der Waals surface area contributed by atoms with Crippen LogP contribution in [-0.4, -0.2) is 59.6 Å². The van der Waals surface area contributed by atoms with Crippen molar-refractivity contribution >= 4 is 34.4 Å². The fraction of sp³-hybridized carbons (Fsp3) is 0.200. The number of aryl methyl sites for hydroxylation is 1. The maximum absolute atomic E-state index is 13.5. The molecule has 2 amide bonds. The number of carbonyl (C=O) groups is 2. The SMILES string of the molecule is Cc1cccc([C@@H](CO)NC(=O)[C@@H](C)N2Cc3ccc(-c4nc(On5nnc6ccccc65)ncc4Cl)cc3C2=O)c1. The normalized spacial score (nSPS) is 14.1. The molecule has 0 fully saturated rings. The molecule has 0 spiro atoms. The number of rotatable bonds is 8. The van der Waals surface area contributed by atoms with E-state index in [-0.39, 0.29) is 36.0 Å². The van der Waals surface area contributed by atoms with E-state index in [0.717, 1.165) is 16.7 Å². The lowest BCUT2D eigenvalue weighted by atomic mass is 10.0. The molecular formula is C30H26ClN7O4. The molecule has 3 aromatic carbocycles. The molecule has 0 unspecified atom stereocenters. The number of para-hydroxylation sites is 1. The maximum Gasteiger partial charge on any atom is 0.346 e. The van der Waals surface area contributed by atoms with Crippen molar-refractivity contribution in [1.82, 2.24) is 35.3 Å². The monoisotopic (exact) mass is 583 g/mol. The summed E-state index contributed by atoms with van der Waals surface area (Å²) in [6, 6.07) is 18.8. The van der Waals surface area contributed by atoms with Crippen LogP contribution in [0, 0.1) is 6.92 Å². The zero-order valence-electron chi connectivity index (χ0n) is 22.7. The van der Waals surface area contributed by atoms with Crippen LogP contribution in [0.25, 0.3) is 22.3 Å². The number of aliphatic hydroxyl groups is 1. The Balaban J connectivity index is 1.20. The number of fused-ring (bicyclic) bond motifs is 2. The molecule has 6 rings (SSSR count). The van der Waals surface area contributed by atoms with Gasteiger partial charge >= 0.3 is 6.01 Å². The van der Waals surface area contributed by atoms with Gasteiger partial charge in [0.2, 0.25) is 5.91 Å². The van der Waals surface area contributed by atoms with Gasteiger partial charge in [-0.15, -0.1) is 5.10 Å². The van der Waals surface area contributed by atoms with E-state index in [1.54, 1.807) is 25.1 Å². The summed E-state index contributed by atoms with van der Waals surface area (Å²) in [7, 11) is 0. The molecule has 0 bridgehead atoms. The fourth-order valence-corrected chi connectivity index (χ4v) is 5.13. The number of benzene rings is 3. The molecule has 5 aromatic rings. The van der Waals surface area contributed by atoms with Crippen LogP contribution in [-0.2, 0) is 11.3 Å².